The van der Waals surface area contributed by atoms with Crippen LogP contribution in [0.4, 0.5) is 4.39 Å². The van der Waals surface area contributed by atoms with E-state index >= 15 is 0 Å². The highest BCUT2D eigenvalue weighted by Gasteiger charge is 2.25. The predicted molar refractivity (Wildman–Crippen MR) is 77.4 cm³/mol. The molecule has 0 saturated carbocycles. The molecule has 0 amide bonds. The topological polar surface area (TPSA) is 55.8 Å². The van der Waals surface area contributed by atoms with Crippen LogP contribution in [0.1, 0.15) is 33.2 Å². The van der Waals surface area contributed by atoms with Crippen LogP contribution in [-0.2, 0) is 11.2 Å². The van der Waals surface area contributed by atoms with Crippen molar-refractivity contribution in [3.8, 4) is 5.75 Å². The highest BCUT2D eigenvalue weighted by molar-refractivity contribution is 5.90. The van der Waals surface area contributed by atoms with E-state index in [0.717, 1.165) is 5.56 Å². The Labute approximate surface area is 127 Å². The van der Waals surface area contributed by atoms with E-state index in [2.05, 4.69) is 0 Å². The maximum Gasteiger partial charge on any atom is 0.337 e. The fourth-order valence-corrected chi connectivity index (χ4v) is 2.66. The van der Waals surface area contributed by atoms with Gasteiger partial charge in [0.25, 0.3) is 0 Å². The molecule has 4 nitrogen and oxygen atoms in total. The van der Waals surface area contributed by atoms with Crippen LogP contribution >= 0.6 is 0 Å². The van der Waals surface area contributed by atoms with E-state index in [1.807, 2.05) is 0 Å². The van der Waals surface area contributed by atoms with Crippen LogP contribution in [-0.4, -0.2) is 24.8 Å². The van der Waals surface area contributed by atoms with E-state index in [4.69, 9.17) is 9.47 Å². The summed E-state index contributed by atoms with van der Waals surface area (Å²) in [4.78, 5) is 11.8. The third-order valence-corrected chi connectivity index (χ3v) is 3.73. The molecule has 0 saturated heterocycles. The zero-order valence-electron chi connectivity index (χ0n) is 12.0. The lowest BCUT2D eigenvalue weighted by Crippen LogP contribution is -2.08. The molecule has 0 aromatic heterocycles. The normalized spacial score (nSPS) is 14.1. The Morgan fingerprint density at radius 2 is 2.18 bits per heavy atom. The number of carbonyl (C=O) groups excluding carboxylic acids is 1. The molecule has 1 aliphatic rings. The standard InChI is InChI=1S/C17H15FO4/c1-21-17(20)11-8-14(13-5-6-22-15(13)9-11)16(19)10-3-2-4-12(18)7-10/h2-4,7-9,16,19H,5-6H2,1H3. The van der Waals surface area contributed by atoms with Gasteiger partial charge in [-0.2, -0.15) is 0 Å². The first-order chi connectivity index (χ1) is 10.6. The number of fused-ring (bicyclic) bond motifs is 1. The summed E-state index contributed by atoms with van der Waals surface area (Å²) in [6.07, 6.45) is -0.394. The Kier molecular flexibility index (Phi) is 3.81. The Morgan fingerprint density at radius 3 is 2.91 bits per heavy atom. The second-order valence-corrected chi connectivity index (χ2v) is 5.09. The fourth-order valence-electron chi connectivity index (χ4n) is 2.66. The number of hydrogen-bond donors (Lipinski definition) is 1. The number of hydrogen-bond acceptors (Lipinski definition) is 4. The van der Waals surface area contributed by atoms with Gasteiger partial charge in [0.05, 0.1) is 19.3 Å². The fraction of sp³-hybridized carbons (Fsp3) is 0.235. The van der Waals surface area contributed by atoms with E-state index in [9.17, 15) is 14.3 Å². The van der Waals surface area contributed by atoms with Crippen molar-refractivity contribution >= 4 is 5.97 Å². The summed E-state index contributed by atoms with van der Waals surface area (Å²) in [7, 11) is 1.29. The molecular weight excluding hydrogens is 287 g/mol. The van der Waals surface area contributed by atoms with Crippen LogP contribution in [0.3, 0.4) is 0 Å². The van der Waals surface area contributed by atoms with E-state index in [0.29, 0.717) is 35.5 Å². The van der Waals surface area contributed by atoms with Crippen LogP contribution in [0.15, 0.2) is 36.4 Å². The highest BCUT2D eigenvalue weighted by atomic mass is 19.1. The van der Waals surface area contributed by atoms with Crippen LogP contribution in [0.25, 0.3) is 0 Å². The van der Waals surface area contributed by atoms with Gasteiger partial charge in [-0.25, -0.2) is 9.18 Å². The minimum Gasteiger partial charge on any atom is -0.493 e. The molecule has 1 N–H and O–H groups in total. The molecule has 0 spiro atoms. The molecule has 114 valence electrons. The second-order valence-electron chi connectivity index (χ2n) is 5.09. The molecule has 0 fully saturated rings. The maximum atomic E-state index is 13.4. The molecule has 0 aliphatic carbocycles. The number of halogens is 1. The van der Waals surface area contributed by atoms with Crippen molar-refractivity contribution in [2.45, 2.75) is 12.5 Å². The van der Waals surface area contributed by atoms with Gasteiger partial charge < -0.3 is 14.6 Å². The number of ether oxygens (including phenoxy) is 2. The molecule has 1 aliphatic heterocycles. The molecule has 3 rings (SSSR count). The zero-order valence-corrected chi connectivity index (χ0v) is 12.0. The summed E-state index contributed by atoms with van der Waals surface area (Å²) in [5.74, 6) is -0.368. The van der Waals surface area contributed by atoms with Gasteiger partial charge in [0.2, 0.25) is 0 Å². The van der Waals surface area contributed by atoms with Gasteiger partial charge in [0, 0.05) is 12.0 Å². The van der Waals surface area contributed by atoms with Crippen molar-refractivity contribution in [2.75, 3.05) is 13.7 Å². The van der Waals surface area contributed by atoms with Crippen LogP contribution in [0.2, 0.25) is 0 Å². The van der Waals surface area contributed by atoms with Crippen molar-refractivity contribution in [1.29, 1.82) is 0 Å². The first kappa shape index (κ1) is 14.5. The third-order valence-electron chi connectivity index (χ3n) is 3.73. The first-order valence-corrected chi connectivity index (χ1v) is 6.91. The minimum atomic E-state index is -1.03. The Balaban J connectivity index is 2.09. The monoisotopic (exact) mass is 302 g/mol. The molecule has 0 radical (unpaired) electrons. The SMILES string of the molecule is COC(=O)c1cc2c(c(C(O)c3cccc(F)c3)c1)CCO2. The van der Waals surface area contributed by atoms with Crippen molar-refractivity contribution < 1.29 is 23.8 Å². The van der Waals surface area contributed by atoms with Crippen LogP contribution in [0.5, 0.6) is 5.75 Å². The summed E-state index contributed by atoms with van der Waals surface area (Å²) in [5.41, 5.74) is 2.11. The average Bonchev–Trinajstić information content (AvgIpc) is 3.00. The second kappa shape index (κ2) is 5.77. The molecule has 1 heterocycles. The van der Waals surface area contributed by atoms with Gasteiger partial charge in [-0.1, -0.05) is 12.1 Å². The van der Waals surface area contributed by atoms with Crippen LogP contribution in [0, 0.1) is 5.82 Å². The molecule has 2 aromatic rings. The van der Waals surface area contributed by atoms with E-state index < -0.39 is 17.9 Å². The number of esters is 1. The average molecular weight is 302 g/mol. The van der Waals surface area contributed by atoms with Crippen molar-refractivity contribution in [3.05, 3.63) is 64.5 Å². The van der Waals surface area contributed by atoms with Gasteiger partial charge in [0.15, 0.2) is 0 Å². The Morgan fingerprint density at radius 1 is 1.36 bits per heavy atom. The minimum absolute atomic E-state index is 0.300. The largest absolute Gasteiger partial charge is 0.493 e. The number of methoxy groups -OCH3 is 1. The lowest BCUT2D eigenvalue weighted by molar-refractivity contribution is 0.0600. The number of rotatable bonds is 3. The van der Waals surface area contributed by atoms with E-state index in [1.165, 1.54) is 25.3 Å². The summed E-state index contributed by atoms with van der Waals surface area (Å²) >= 11 is 0. The number of aliphatic hydroxyl groups is 1. The number of aliphatic hydroxyl groups excluding tert-OH is 1. The summed E-state index contributed by atoms with van der Waals surface area (Å²) in [6.45, 7) is 0.489. The quantitative estimate of drug-likeness (QED) is 0.886. The van der Waals surface area contributed by atoms with Gasteiger partial charge >= 0.3 is 5.97 Å². The first-order valence-electron chi connectivity index (χ1n) is 6.91. The van der Waals surface area contributed by atoms with E-state index in [1.54, 1.807) is 18.2 Å². The molecule has 2 aromatic carbocycles. The highest BCUT2D eigenvalue weighted by Crippen LogP contribution is 2.36. The lowest BCUT2D eigenvalue weighted by Gasteiger charge is -2.16. The zero-order chi connectivity index (χ0) is 15.7. The van der Waals surface area contributed by atoms with Crippen LogP contribution < -0.4 is 4.74 Å². The Hall–Kier alpha value is -2.40. The van der Waals surface area contributed by atoms with Crippen molar-refractivity contribution in [1.82, 2.24) is 0 Å². The van der Waals surface area contributed by atoms with Crippen molar-refractivity contribution in [3.63, 3.8) is 0 Å². The van der Waals surface area contributed by atoms with Gasteiger partial charge in [-0.3, -0.25) is 0 Å². The van der Waals surface area contributed by atoms with Crippen molar-refractivity contribution in [2.24, 2.45) is 0 Å². The summed E-state index contributed by atoms with van der Waals surface area (Å²) in [5, 5.41) is 10.6. The van der Waals surface area contributed by atoms with E-state index in [-0.39, 0.29) is 0 Å². The van der Waals surface area contributed by atoms with Gasteiger partial charge in [-0.15, -0.1) is 0 Å². The maximum absolute atomic E-state index is 13.4. The predicted octanol–water partition coefficient (Wildman–Crippen LogP) is 2.63. The molecule has 5 heteroatoms. The third kappa shape index (κ3) is 2.55. The van der Waals surface area contributed by atoms with Gasteiger partial charge in [0.1, 0.15) is 17.7 Å². The number of benzene rings is 2. The van der Waals surface area contributed by atoms with Gasteiger partial charge in [-0.05, 0) is 35.4 Å². The lowest BCUT2D eigenvalue weighted by atomic mass is 9.93. The number of carbonyl (C=O) groups is 1. The molecule has 1 unspecified atom stereocenters. The summed E-state index contributed by atoms with van der Waals surface area (Å²) < 4.78 is 23.6. The molecule has 0 bridgehead atoms. The molecular formula is C17H15FO4. The molecule has 22 heavy (non-hydrogen) atoms. The summed E-state index contributed by atoms with van der Waals surface area (Å²) in [6, 6.07) is 8.95. The molecule has 1 atom stereocenters. The smallest absolute Gasteiger partial charge is 0.337 e. The Bertz CT molecular complexity index is 727.